The second kappa shape index (κ2) is 6.36. The van der Waals surface area contributed by atoms with Crippen LogP contribution in [0.15, 0.2) is 72.8 Å². The molecule has 0 fully saturated rings. The van der Waals surface area contributed by atoms with Gasteiger partial charge >= 0.3 is 5.97 Å². The monoisotopic (exact) mass is 390 g/mol. The molecule has 0 N–H and O–H groups in total. The van der Waals surface area contributed by atoms with E-state index in [1.54, 1.807) is 0 Å². The Morgan fingerprint density at radius 2 is 1.43 bits per heavy atom. The van der Waals surface area contributed by atoms with Crippen LogP contribution in [0.2, 0.25) is 0 Å². The summed E-state index contributed by atoms with van der Waals surface area (Å²) in [5.74, 6) is 0.278. The van der Waals surface area contributed by atoms with Crippen molar-refractivity contribution in [2.75, 3.05) is 0 Å². The molecule has 0 saturated heterocycles. The largest absolute Gasteiger partial charge is 0.425 e. The van der Waals surface area contributed by atoms with Gasteiger partial charge in [0.25, 0.3) is 0 Å². The van der Waals surface area contributed by atoms with E-state index in [0.717, 1.165) is 44.0 Å². The third-order valence-electron chi connectivity index (χ3n) is 5.91. The average molecular weight is 390 g/mol. The molecule has 0 radical (unpaired) electrons. The summed E-state index contributed by atoms with van der Waals surface area (Å²) >= 11 is 0. The van der Waals surface area contributed by atoms with E-state index in [-0.39, 0.29) is 18.3 Å². The van der Waals surface area contributed by atoms with Crippen molar-refractivity contribution in [3.8, 4) is 5.75 Å². The molecule has 2 heterocycles. The maximum Gasteiger partial charge on any atom is 0.312 e. The number of carbonyl (C=O) groups is 1. The number of rotatable bonds is 1. The van der Waals surface area contributed by atoms with Crippen LogP contribution in [-0.2, 0) is 4.79 Å². The van der Waals surface area contributed by atoms with E-state index < -0.39 is 0 Å². The number of aryl methyl sites for hydroxylation is 1. The molecule has 1 aliphatic heterocycles. The summed E-state index contributed by atoms with van der Waals surface area (Å²) in [5, 5.41) is 1.84. The summed E-state index contributed by atoms with van der Waals surface area (Å²) in [5.41, 5.74) is 6.57. The molecule has 4 aromatic carbocycles. The predicted octanol–water partition coefficient (Wildman–Crippen LogP) is 5.69. The third kappa shape index (κ3) is 2.50. The van der Waals surface area contributed by atoms with Gasteiger partial charge in [-0.15, -0.1) is 0 Å². The van der Waals surface area contributed by atoms with Crippen LogP contribution in [0.25, 0.3) is 32.8 Å². The van der Waals surface area contributed by atoms with E-state index in [0.29, 0.717) is 5.75 Å². The molecule has 0 amide bonds. The van der Waals surface area contributed by atoms with Gasteiger partial charge in [0.05, 0.1) is 28.5 Å². The molecule has 1 atom stereocenters. The van der Waals surface area contributed by atoms with Gasteiger partial charge < -0.3 is 4.74 Å². The van der Waals surface area contributed by atoms with Crippen LogP contribution in [0, 0.1) is 6.92 Å². The maximum absolute atomic E-state index is 12.6. The van der Waals surface area contributed by atoms with E-state index in [4.69, 9.17) is 14.7 Å². The minimum Gasteiger partial charge on any atom is -0.425 e. The molecule has 0 spiro atoms. The standard InChI is InChI=1S/C26H18N2O2/c1-15-10-12-16(13-11-15)19-14-22(29)30-26-18-7-3-2-6-17(18)24-25(23(19)26)28-21-9-5-4-8-20(21)27-24/h2-13,19H,14H2,1H3. The number of nitrogens with zero attached hydrogens (tertiary/aromatic N) is 2. The van der Waals surface area contributed by atoms with Gasteiger partial charge in [-0.1, -0.05) is 66.2 Å². The predicted molar refractivity (Wildman–Crippen MR) is 118 cm³/mol. The van der Waals surface area contributed by atoms with Crippen molar-refractivity contribution in [3.63, 3.8) is 0 Å². The molecular weight excluding hydrogens is 372 g/mol. The first-order valence-electron chi connectivity index (χ1n) is 10.1. The van der Waals surface area contributed by atoms with Crippen molar-refractivity contribution < 1.29 is 9.53 Å². The molecule has 4 heteroatoms. The van der Waals surface area contributed by atoms with Crippen LogP contribution in [0.5, 0.6) is 5.75 Å². The second-order valence-corrected chi connectivity index (χ2v) is 7.84. The molecule has 1 aromatic heterocycles. The fourth-order valence-corrected chi connectivity index (χ4v) is 4.46. The number of hydrogen-bond donors (Lipinski definition) is 0. The fourth-order valence-electron chi connectivity index (χ4n) is 4.46. The maximum atomic E-state index is 12.6. The van der Waals surface area contributed by atoms with Crippen LogP contribution in [-0.4, -0.2) is 15.9 Å². The highest BCUT2D eigenvalue weighted by molar-refractivity contribution is 6.12. The topological polar surface area (TPSA) is 52.1 Å². The van der Waals surface area contributed by atoms with E-state index in [9.17, 15) is 4.79 Å². The highest BCUT2D eigenvalue weighted by Gasteiger charge is 2.33. The highest BCUT2D eigenvalue weighted by Crippen LogP contribution is 2.47. The molecule has 0 bridgehead atoms. The van der Waals surface area contributed by atoms with E-state index >= 15 is 0 Å². The van der Waals surface area contributed by atoms with Crippen LogP contribution in [0.3, 0.4) is 0 Å². The van der Waals surface area contributed by atoms with E-state index in [1.165, 1.54) is 5.56 Å². The van der Waals surface area contributed by atoms with Gasteiger partial charge in [-0.2, -0.15) is 0 Å². The molecule has 0 saturated carbocycles. The summed E-state index contributed by atoms with van der Waals surface area (Å²) in [6.45, 7) is 2.06. The Morgan fingerprint density at radius 1 is 0.800 bits per heavy atom. The second-order valence-electron chi connectivity index (χ2n) is 7.84. The van der Waals surface area contributed by atoms with E-state index in [1.807, 2.05) is 48.5 Å². The van der Waals surface area contributed by atoms with Crippen molar-refractivity contribution in [3.05, 3.63) is 89.5 Å². The summed E-state index contributed by atoms with van der Waals surface area (Å²) < 4.78 is 5.83. The van der Waals surface area contributed by atoms with Gasteiger partial charge in [-0.3, -0.25) is 4.79 Å². The van der Waals surface area contributed by atoms with Gasteiger partial charge in [-0.05, 0) is 24.6 Å². The lowest BCUT2D eigenvalue weighted by molar-refractivity contribution is -0.135. The molecular formula is C26H18N2O2. The molecule has 4 nitrogen and oxygen atoms in total. The Morgan fingerprint density at radius 3 is 2.17 bits per heavy atom. The smallest absolute Gasteiger partial charge is 0.312 e. The molecule has 0 aliphatic carbocycles. The van der Waals surface area contributed by atoms with Crippen molar-refractivity contribution in [2.24, 2.45) is 0 Å². The molecule has 1 unspecified atom stereocenters. The lowest BCUT2D eigenvalue weighted by Crippen LogP contribution is -2.22. The third-order valence-corrected chi connectivity index (χ3v) is 5.91. The van der Waals surface area contributed by atoms with E-state index in [2.05, 4.69) is 31.2 Å². The summed E-state index contributed by atoms with van der Waals surface area (Å²) in [6, 6.07) is 24.2. The molecule has 1 aliphatic rings. The van der Waals surface area contributed by atoms with Crippen LogP contribution >= 0.6 is 0 Å². The van der Waals surface area contributed by atoms with Crippen molar-refractivity contribution >= 4 is 38.8 Å². The number of esters is 1. The number of carbonyl (C=O) groups excluding carboxylic acids is 1. The zero-order valence-corrected chi connectivity index (χ0v) is 16.4. The normalized spacial score (nSPS) is 16.0. The van der Waals surface area contributed by atoms with Crippen molar-refractivity contribution in [1.29, 1.82) is 0 Å². The lowest BCUT2D eigenvalue weighted by atomic mass is 9.83. The number of aromatic nitrogens is 2. The number of benzene rings is 4. The lowest BCUT2D eigenvalue weighted by Gasteiger charge is -2.27. The Balaban J connectivity index is 1.78. The van der Waals surface area contributed by atoms with Crippen molar-refractivity contribution in [1.82, 2.24) is 9.97 Å². The SMILES string of the molecule is Cc1ccc(C2CC(=O)Oc3c2c2nc4ccccc4nc2c2ccccc32)cc1. The molecule has 5 aromatic rings. The number of fused-ring (bicyclic) bond motifs is 7. The minimum absolute atomic E-state index is 0.121. The molecule has 6 rings (SSSR count). The van der Waals surface area contributed by atoms with Crippen LogP contribution in [0.1, 0.15) is 29.0 Å². The molecule has 30 heavy (non-hydrogen) atoms. The van der Waals surface area contributed by atoms with Gasteiger partial charge in [0.1, 0.15) is 5.75 Å². The molecule has 144 valence electrons. The van der Waals surface area contributed by atoms with Crippen molar-refractivity contribution in [2.45, 2.75) is 19.3 Å². The summed E-state index contributed by atoms with van der Waals surface area (Å²) in [6.07, 6.45) is 0.290. The average Bonchev–Trinajstić information content (AvgIpc) is 2.78. The van der Waals surface area contributed by atoms with Gasteiger partial charge in [0, 0.05) is 22.3 Å². The first-order valence-corrected chi connectivity index (χ1v) is 10.1. The van der Waals surface area contributed by atoms with Gasteiger partial charge in [0.15, 0.2) is 0 Å². The summed E-state index contributed by atoms with van der Waals surface area (Å²) in [7, 11) is 0. The van der Waals surface area contributed by atoms with Gasteiger partial charge in [-0.25, -0.2) is 9.97 Å². The quantitative estimate of drug-likeness (QED) is 0.160. The zero-order valence-electron chi connectivity index (χ0n) is 16.4. The number of para-hydroxylation sites is 2. The highest BCUT2D eigenvalue weighted by atomic mass is 16.5. The minimum atomic E-state index is -0.216. The van der Waals surface area contributed by atoms with Gasteiger partial charge in [0.2, 0.25) is 0 Å². The number of hydrogen-bond acceptors (Lipinski definition) is 4. The number of ether oxygens (including phenoxy) is 1. The first-order chi connectivity index (χ1) is 14.7. The van der Waals surface area contributed by atoms with Crippen LogP contribution in [0.4, 0.5) is 0 Å². The Kier molecular flexibility index (Phi) is 3.62. The first kappa shape index (κ1) is 17.1. The Bertz CT molecular complexity index is 1470. The van der Waals surface area contributed by atoms with Crippen LogP contribution < -0.4 is 4.74 Å². The Labute approximate surface area is 173 Å². The summed E-state index contributed by atoms with van der Waals surface area (Å²) in [4.78, 5) is 22.6. The Hall–Kier alpha value is -3.79. The zero-order chi connectivity index (χ0) is 20.2. The fraction of sp³-hybridized carbons (Fsp3) is 0.115.